The lowest BCUT2D eigenvalue weighted by molar-refractivity contribution is -0.143. The molecule has 0 saturated carbocycles. The molecule has 7 heteroatoms. The molecule has 0 bridgehead atoms. The molecular formula is C12H22N2O5. The van der Waals surface area contributed by atoms with E-state index in [0.717, 1.165) is 0 Å². The highest BCUT2D eigenvalue weighted by Crippen LogP contribution is 2.07. The molecule has 0 aromatic rings. The fourth-order valence-corrected chi connectivity index (χ4v) is 1.43. The van der Waals surface area contributed by atoms with Gasteiger partial charge in [0.05, 0.1) is 19.1 Å². The Balaban J connectivity index is 4.21. The number of carboxylic acid groups (broad SMARTS) is 1. The highest BCUT2D eigenvalue weighted by atomic mass is 16.4. The number of rotatable bonds is 8. The van der Waals surface area contributed by atoms with Crippen LogP contribution in [-0.2, 0) is 14.4 Å². The van der Waals surface area contributed by atoms with Crippen LogP contribution in [0.3, 0.4) is 0 Å². The van der Waals surface area contributed by atoms with Crippen molar-refractivity contribution < 1.29 is 24.6 Å². The van der Waals surface area contributed by atoms with E-state index < -0.39 is 29.9 Å². The summed E-state index contributed by atoms with van der Waals surface area (Å²) in [4.78, 5) is 33.7. The second-order valence-corrected chi connectivity index (χ2v) is 4.60. The van der Waals surface area contributed by atoms with Crippen molar-refractivity contribution in [2.24, 2.45) is 5.92 Å². The van der Waals surface area contributed by atoms with Crippen LogP contribution in [0.5, 0.6) is 0 Å². The van der Waals surface area contributed by atoms with Gasteiger partial charge in [-0.15, -0.1) is 0 Å². The van der Waals surface area contributed by atoms with Gasteiger partial charge in [-0.25, -0.2) is 4.79 Å². The lowest BCUT2D eigenvalue weighted by Crippen LogP contribution is -2.48. The molecule has 3 atom stereocenters. The molecule has 110 valence electrons. The second kappa shape index (κ2) is 8.47. The SMILES string of the molecule is CC[C@H](C)[C@H](NC(=O)CNC(=O)CC(C)O)C(=O)O. The van der Waals surface area contributed by atoms with E-state index in [9.17, 15) is 14.4 Å². The summed E-state index contributed by atoms with van der Waals surface area (Å²) in [5.41, 5.74) is 0. The van der Waals surface area contributed by atoms with Crippen molar-refractivity contribution in [2.75, 3.05) is 6.54 Å². The molecule has 0 aromatic heterocycles. The van der Waals surface area contributed by atoms with Crippen LogP contribution in [0.1, 0.15) is 33.6 Å². The molecule has 2 amide bonds. The zero-order valence-corrected chi connectivity index (χ0v) is 11.5. The quantitative estimate of drug-likeness (QED) is 0.476. The van der Waals surface area contributed by atoms with Crippen LogP contribution in [0.25, 0.3) is 0 Å². The molecule has 1 unspecified atom stereocenters. The molecule has 0 aliphatic rings. The van der Waals surface area contributed by atoms with Crippen molar-refractivity contribution in [3.05, 3.63) is 0 Å². The molecule has 0 spiro atoms. The normalized spacial score (nSPS) is 15.2. The highest BCUT2D eigenvalue weighted by molar-refractivity contribution is 5.88. The molecule has 0 heterocycles. The van der Waals surface area contributed by atoms with Gasteiger partial charge in [0.1, 0.15) is 6.04 Å². The van der Waals surface area contributed by atoms with Crippen molar-refractivity contribution in [1.29, 1.82) is 0 Å². The number of hydrogen-bond acceptors (Lipinski definition) is 4. The maximum absolute atomic E-state index is 11.5. The molecule has 0 aliphatic carbocycles. The molecule has 0 saturated heterocycles. The molecule has 7 nitrogen and oxygen atoms in total. The second-order valence-electron chi connectivity index (χ2n) is 4.60. The van der Waals surface area contributed by atoms with Gasteiger partial charge in [-0.05, 0) is 12.8 Å². The Bertz CT molecular complexity index is 330. The third-order valence-corrected chi connectivity index (χ3v) is 2.72. The predicted molar refractivity (Wildman–Crippen MR) is 68.3 cm³/mol. The monoisotopic (exact) mass is 274 g/mol. The maximum atomic E-state index is 11.5. The Labute approximate surface area is 112 Å². The summed E-state index contributed by atoms with van der Waals surface area (Å²) in [7, 11) is 0. The van der Waals surface area contributed by atoms with E-state index in [4.69, 9.17) is 10.2 Å². The average molecular weight is 274 g/mol. The highest BCUT2D eigenvalue weighted by Gasteiger charge is 2.25. The predicted octanol–water partition coefficient (Wildman–Crippen LogP) is -0.511. The van der Waals surface area contributed by atoms with Crippen LogP contribution in [0, 0.1) is 5.92 Å². The first-order valence-corrected chi connectivity index (χ1v) is 6.24. The third kappa shape index (κ3) is 7.40. The Morgan fingerprint density at radius 2 is 1.74 bits per heavy atom. The van der Waals surface area contributed by atoms with Gasteiger partial charge in [0.2, 0.25) is 11.8 Å². The summed E-state index contributed by atoms with van der Waals surface area (Å²) in [5.74, 6) is -2.32. The van der Waals surface area contributed by atoms with Crippen LogP contribution in [-0.4, -0.2) is 46.7 Å². The van der Waals surface area contributed by atoms with Crippen molar-refractivity contribution in [3.63, 3.8) is 0 Å². The number of carbonyl (C=O) groups is 3. The minimum atomic E-state index is -1.10. The average Bonchev–Trinajstić information content (AvgIpc) is 2.31. The number of aliphatic carboxylic acids is 1. The van der Waals surface area contributed by atoms with Crippen LogP contribution >= 0.6 is 0 Å². The van der Waals surface area contributed by atoms with E-state index >= 15 is 0 Å². The zero-order valence-electron chi connectivity index (χ0n) is 11.5. The minimum absolute atomic E-state index is 0.0962. The fourth-order valence-electron chi connectivity index (χ4n) is 1.43. The first-order valence-electron chi connectivity index (χ1n) is 6.24. The summed E-state index contributed by atoms with van der Waals surface area (Å²) in [6, 6.07) is -0.967. The summed E-state index contributed by atoms with van der Waals surface area (Å²) in [5, 5.41) is 22.6. The number of aliphatic hydroxyl groups excluding tert-OH is 1. The van der Waals surface area contributed by atoms with Gasteiger partial charge < -0.3 is 20.8 Å². The van der Waals surface area contributed by atoms with Crippen LogP contribution in [0.15, 0.2) is 0 Å². The summed E-state index contributed by atoms with van der Waals surface area (Å²) in [6.45, 7) is 4.72. The van der Waals surface area contributed by atoms with E-state index in [0.29, 0.717) is 6.42 Å². The first-order chi connectivity index (χ1) is 8.77. The molecule has 19 heavy (non-hydrogen) atoms. The largest absolute Gasteiger partial charge is 0.480 e. The molecule has 0 rings (SSSR count). The topological polar surface area (TPSA) is 116 Å². The molecule has 0 radical (unpaired) electrons. The van der Waals surface area contributed by atoms with Crippen molar-refractivity contribution in [1.82, 2.24) is 10.6 Å². The molecular weight excluding hydrogens is 252 g/mol. The van der Waals surface area contributed by atoms with E-state index in [-0.39, 0.29) is 18.9 Å². The van der Waals surface area contributed by atoms with E-state index in [1.807, 2.05) is 6.92 Å². The third-order valence-electron chi connectivity index (χ3n) is 2.72. The van der Waals surface area contributed by atoms with E-state index in [1.54, 1.807) is 6.92 Å². The van der Waals surface area contributed by atoms with Gasteiger partial charge >= 0.3 is 5.97 Å². The smallest absolute Gasteiger partial charge is 0.326 e. The lowest BCUT2D eigenvalue weighted by atomic mass is 9.99. The van der Waals surface area contributed by atoms with Crippen LogP contribution < -0.4 is 10.6 Å². The minimum Gasteiger partial charge on any atom is -0.480 e. The Hall–Kier alpha value is -1.63. The number of hydrogen-bond donors (Lipinski definition) is 4. The summed E-state index contributed by atoms with van der Waals surface area (Å²) >= 11 is 0. The van der Waals surface area contributed by atoms with Gasteiger partial charge in [-0.2, -0.15) is 0 Å². The molecule has 0 aliphatic heterocycles. The Morgan fingerprint density at radius 1 is 1.16 bits per heavy atom. The molecule has 0 fully saturated rings. The Morgan fingerprint density at radius 3 is 2.16 bits per heavy atom. The number of aliphatic hydroxyl groups is 1. The summed E-state index contributed by atoms with van der Waals surface area (Å²) in [6.07, 6.45) is -0.262. The van der Waals surface area contributed by atoms with Crippen molar-refractivity contribution in [2.45, 2.75) is 45.8 Å². The number of amides is 2. The number of carbonyl (C=O) groups excluding carboxylic acids is 2. The zero-order chi connectivity index (χ0) is 15.0. The van der Waals surface area contributed by atoms with Gasteiger partial charge in [-0.1, -0.05) is 20.3 Å². The molecule has 4 N–H and O–H groups in total. The van der Waals surface area contributed by atoms with Gasteiger partial charge in [0, 0.05) is 0 Å². The van der Waals surface area contributed by atoms with Gasteiger partial charge in [0.15, 0.2) is 0 Å². The van der Waals surface area contributed by atoms with Gasteiger partial charge in [-0.3, -0.25) is 9.59 Å². The van der Waals surface area contributed by atoms with Crippen molar-refractivity contribution >= 4 is 17.8 Å². The standard InChI is InChI=1S/C12H22N2O5/c1-4-7(2)11(12(18)19)14-10(17)6-13-9(16)5-8(3)15/h7-8,11,15H,4-6H2,1-3H3,(H,13,16)(H,14,17)(H,18,19)/t7-,8?,11-/m0/s1. The van der Waals surface area contributed by atoms with Crippen LogP contribution in [0.4, 0.5) is 0 Å². The van der Waals surface area contributed by atoms with E-state index in [2.05, 4.69) is 10.6 Å². The number of nitrogens with one attached hydrogen (secondary N) is 2. The maximum Gasteiger partial charge on any atom is 0.326 e. The Kier molecular flexibility index (Phi) is 7.74. The lowest BCUT2D eigenvalue weighted by Gasteiger charge is -2.20. The fraction of sp³-hybridized carbons (Fsp3) is 0.750. The van der Waals surface area contributed by atoms with Crippen molar-refractivity contribution in [3.8, 4) is 0 Å². The first kappa shape index (κ1) is 17.4. The van der Waals surface area contributed by atoms with Crippen LogP contribution in [0.2, 0.25) is 0 Å². The van der Waals surface area contributed by atoms with E-state index in [1.165, 1.54) is 6.92 Å². The summed E-state index contributed by atoms with van der Waals surface area (Å²) < 4.78 is 0. The molecule has 0 aromatic carbocycles. The number of carboxylic acids is 1. The van der Waals surface area contributed by atoms with Gasteiger partial charge in [0.25, 0.3) is 0 Å².